The van der Waals surface area contributed by atoms with Crippen molar-refractivity contribution in [1.82, 2.24) is 19.9 Å². The SMILES string of the molecule is C=CC(=O)N1CCC[C@H](c2nc3c(Nc4ccc(Cl)c(Cl)c4F)ncnc3cc2OC)C1. The third kappa shape index (κ3) is 4.20. The van der Waals surface area contributed by atoms with E-state index in [2.05, 4.69) is 21.9 Å². The zero-order valence-electron chi connectivity index (χ0n) is 17.2. The fraction of sp³-hybridized carbons (Fsp3) is 0.273. The number of halogens is 3. The van der Waals surface area contributed by atoms with Gasteiger partial charge in [-0.3, -0.25) is 4.79 Å². The number of nitrogens with one attached hydrogen (secondary N) is 1. The number of hydrogen-bond donors (Lipinski definition) is 1. The van der Waals surface area contributed by atoms with Crippen LogP contribution in [0.5, 0.6) is 5.75 Å². The van der Waals surface area contributed by atoms with E-state index >= 15 is 0 Å². The lowest BCUT2D eigenvalue weighted by Crippen LogP contribution is -2.38. The zero-order valence-corrected chi connectivity index (χ0v) is 18.8. The largest absolute Gasteiger partial charge is 0.495 e. The molecule has 1 fully saturated rings. The van der Waals surface area contributed by atoms with Gasteiger partial charge >= 0.3 is 0 Å². The summed E-state index contributed by atoms with van der Waals surface area (Å²) in [7, 11) is 1.56. The van der Waals surface area contributed by atoms with Gasteiger partial charge in [0, 0.05) is 25.1 Å². The number of aromatic nitrogens is 3. The molecule has 4 rings (SSSR count). The lowest BCUT2D eigenvalue weighted by Gasteiger charge is -2.32. The minimum atomic E-state index is -0.689. The van der Waals surface area contributed by atoms with Gasteiger partial charge in [-0.15, -0.1) is 0 Å². The Bertz CT molecular complexity index is 1210. The van der Waals surface area contributed by atoms with Crippen LogP contribution in [0, 0.1) is 5.82 Å². The number of piperidine rings is 1. The Hall–Kier alpha value is -2.97. The summed E-state index contributed by atoms with van der Waals surface area (Å²) in [5, 5.41) is 2.87. The van der Waals surface area contributed by atoms with Gasteiger partial charge in [-0.1, -0.05) is 29.8 Å². The van der Waals surface area contributed by atoms with Gasteiger partial charge in [-0.05, 0) is 31.1 Å². The Morgan fingerprint density at radius 1 is 1.38 bits per heavy atom. The van der Waals surface area contributed by atoms with E-state index in [1.54, 1.807) is 18.1 Å². The van der Waals surface area contributed by atoms with Crippen molar-refractivity contribution in [3.8, 4) is 5.75 Å². The molecule has 166 valence electrons. The number of rotatable bonds is 5. The molecule has 1 saturated heterocycles. The number of likely N-dealkylation sites (tertiary alicyclic amines) is 1. The summed E-state index contributed by atoms with van der Waals surface area (Å²) in [4.78, 5) is 27.2. The Morgan fingerprint density at radius 3 is 2.94 bits per heavy atom. The van der Waals surface area contributed by atoms with Crippen LogP contribution in [0.1, 0.15) is 24.5 Å². The molecule has 1 aromatic carbocycles. The van der Waals surface area contributed by atoms with Crippen molar-refractivity contribution in [3.05, 3.63) is 58.7 Å². The molecule has 1 N–H and O–H groups in total. The van der Waals surface area contributed by atoms with Crippen LogP contribution in [0.15, 0.2) is 37.2 Å². The van der Waals surface area contributed by atoms with Gasteiger partial charge in [0.1, 0.15) is 17.6 Å². The van der Waals surface area contributed by atoms with Gasteiger partial charge in [0.15, 0.2) is 11.6 Å². The summed E-state index contributed by atoms with van der Waals surface area (Å²) in [5.74, 6) is 0.0364. The number of benzene rings is 1. The van der Waals surface area contributed by atoms with Crippen molar-refractivity contribution >= 4 is 51.6 Å². The highest BCUT2D eigenvalue weighted by molar-refractivity contribution is 6.42. The average Bonchev–Trinajstić information content (AvgIpc) is 2.83. The monoisotopic (exact) mass is 475 g/mol. The summed E-state index contributed by atoms with van der Waals surface area (Å²) in [6, 6.07) is 4.74. The molecule has 32 heavy (non-hydrogen) atoms. The van der Waals surface area contributed by atoms with Gasteiger partial charge in [0.2, 0.25) is 5.91 Å². The summed E-state index contributed by atoms with van der Waals surface area (Å²) in [6.07, 6.45) is 4.34. The first-order valence-electron chi connectivity index (χ1n) is 9.94. The molecule has 0 unspecified atom stereocenters. The van der Waals surface area contributed by atoms with Crippen LogP contribution in [0.4, 0.5) is 15.9 Å². The van der Waals surface area contributed by atoms with Gasteiger partial charge in [0.25, 0.3) is 0 Å². The first kappa shape index (κ1) is 22.2. The number of methoxy groups -OCH3 is 1. The maximum Gasteiger partial charge on any atom is 0.245 e. The van der Waals surface area contributed by atoms with Crippen molar-refractivity contribution in [3.63, 3.8) is 0 Å². The van der Waals surface area contributed by atoms with Crippen LogP contribution in [-0.2, 0) is 4.79 Å². The normalized spacial score (nSPS) is 16.1. The molecule has 1 aliphatic heterocycles. The lowest BCUT2D eigenvalue weighted by atomic mass is 9.93. The molecule has 1 amide bonds. The van der Waals surface area contributed by atoms with Gasteiger partial charge in [-0.25, -0.2) is 19.3 Å². The quantitative estimate of drug-likeness (QED) is 0.407. The third-order valence-corrected chi connectivity index (χ3v) is 6.19. The van der Waals surface area contributed by atoms with Crippen molar-refractivity contribution in [1.29, 1.82) is 0 Å². The van der Waals surface area contributed by atoms with Crippen molar-refractivity contribution in [2.75, 3.05) is 25.5 Å². The topological polar surface area (TPSA) is 80.2 Å². The highest BCUT2D eigenvalue weighted by Crippen LogP contribution is 2.36. The predicted molar refractivity (Wildman–Crippen MR) is 122 cm³/mol. The highest BCUT2D eigenvalue weighted by atomic mass is 35.5. The van der Waals surface area contributed by atoms with E-state index in [0.717, 1.165) is 12.8 Å². The fourth-order valence-electron chi connectivity index (χ4n) is 3.81. The van der Waals surface area contributed by atoms with E-state index in [0.29, 0.717) is 41.4 Å². The molecule has 3 heterocycles. The molecule has 3 aromatic rings. The second-order valence-electron chi connectivity index (χ2n) is 7.34. The number of anilines is 2. The maximum atomic E-state index is 14.6. The maximum absolute atomic E-state index is 14.6. The number of nitrogens with zero attached hydrogens (tertiary/aromatic N) is 4. The van der Waals surface area contributed by atoms with Gasteiger partial charge in [-0.2, -0.15) is 0 Å². The third-order valence-electron chi connectivity index (χ3n) is 5.41. The average molecular weight is 476 g/mol. The molecule has 0 bridgehead atoms. The Balaban J connectivity index is 1.76. The van der Waals surface area contributed by atoms with E-state index in [-0.39, 0.29) is 27.6 Å². The van der Waals surface area contributed by atoms with Crippen LogP contribution in [-0.4, -0.2) is 46.0 Å². The molecule has 0 aliphatic carbocycles. The first-order valence-corrected chi connectivity index (χ1v) is 10.7. The Kier molecular flexibility index (Phi) is 6.43. The molecule has 0 saturated carbocycles. The van der Waals surface area contributed by atoms with E-state index in [4.69, 9.17) is 32.9 Å². The molecule has 2 aromatic heterocycles. The highest BCUT2D eigenvalue weighted by Gasteiger charge is 2.28. The molecule has 7 nitrogen and oxygen atoms in total. The van der Waals surface area contributed by atoms with Gasteiger partial charge in [0.05, 0.1) is 34.1 Å². The number of amides is 1. The van der Waals surface area contributed by atoms with Crippen molar-refractivity contribution in [2.24, 2.45) is 0 Å². The molecule has 10 heteroatoms. The van der Waals surface area contributed by atoms with Crippen LogP contribution >= 0.6 is 23.2 Å². The van der Waals surface area contributed by atoms with Crippen molar-refractivity contribution < 1.29 is 13.9 Å². The van der Waals surface area contributed by atoms with Crippen molar-refractivity contribution in [2.45, 2.75) is 18.8 Å². The number of carbonyl (C=O) groups is 1. The molecule has 0 radical (unpaired) electrons. The second kappa shape index (κ2) is 9.26. The van der Waals surface area contributed by atoms with Crippen LogP contribution in [0.25, 0.3) is 11.0 Å². The van der Waals surface area contributed by atoms with Crippen LogP contribution < -0.4 is 10.1 Å². The summed E-state index contributed by atoms with van der Waals surface area (Å²) in [5.41, 5.74) is 1.77. The molecule has 0 spiro atoms. The summed E-state index contributed by atoms with van der Waals surface area (Å²) >= 11 is 11.8. The molecule has 1 atom stereocenters. The zero-order chi connectivity index (χ0) is 22.8. The van der Waals surface area contributed by atoms with Crippen LogP contribution in [0.3, 0.4) is 0 Å². The van der Waals surface area contributed by atoms with Crippen LogP contribution in [0.2, 0.25) is 10.0 Å². The number of fused-ring (bicyclic) bond motifs is 1. The fourth-order valence-corrected chi connectivity index (χ4v) is 4.12. The summed E-state index contributed by atoms with van der Waals surface area (Å²) < 4.78 is 20.2. The minimum Gasteiger partial charge on any atom is -0.495 e. The number of carbonyl (C=O) groups excluding carboxylic acids is 1. The summed E-state index contributed by atoms with van der Waals surface area (Å²) in [6.45, 7) is 4.74. The number of pyridine rings is 1. The first-order chi connectivity index (χ1) is 15.4. The van der Waals surface area contributed by atoms with E-state index in [9.17, 15) is 9.18 Å². The number of ether oxygens (including phenoxy) is 1. The predicted octanol–water partition coefficient (Wildman–Crippen LogP) is 5.11. The van der Waals surface area contributed by atoms with Gasteiger partial charge < -0.3 is 15.0 Å². The molecule has 1 aliphatic rings. The Labute approximate surface area is 194 Å². The molecular weight excluding hydrogens is 456 g/mol. The van der Waals surface area contributed by atoms with E-state index in [1.807, 2.05) is 0 Å². The van der Waals surface area contributed by atoms with E-state index in [1.165, 1.54) is 24.5 Å². The minimum absolute atomic E-state index is 0.0400. The second-order valence-corrected chi connectivity index (χ2v) is 8.13. The smallest absolute Gasteiger partial charge is 0.245 e. The lowest BCUT2D eigenvalue weighted by molar-refractivity contribution is -0.127. The number of hydrogen-bond acceptors (Lipinski definition) is 6. The van der Waals surface area contributed by atoms with E-state index < -0.39 is 5.82 Å². The standard InChI is InChI=1S/C22H20Cl2FN5O2/c1-3-17(31)30-8-4-5-12(10-30)20-16(32-2)9-15-21(29-20)22(27-11-26-15)28-14-7-6-13(23)18(24)19(14)25/h3,6-7,9,11-12H,1,4-5,8,10H2,2H3,(H,26,27,28)/t12-/m0/s1. The Morgan fingerprint density at radius 2 is 2.19 bits per heavy atom. The molecular formula is C22H20Cl2FN5O2.